The van der Waals surface area contributed by atoms with Crippen LogP contribution >= 0.6 is 0 Å². The largest absolute Gasteiger partial charge is 0.352 e. The molecule has 3 heteroatoms. The first-order valence-electron chi connectivity index (χ1n) is 7.31. The summed E-state index contributed by atoms with van der Waals surface area (Å²) in [6.45, 7) is 4.31. The highest BCUT2D eigenvalue weighted by Crippen LogP contribution is 2.14. The second kappa shape index (κ2) is 8.30. The number of carbonyl (C=O) groups is 1. The summed E-state index contributed by atoms with van der Waals surface area (Å²) >= 11 is 0. The highest BCUT2D eigenvalue weighted by atomic mass is 16.2. The Morgan fingerprint density at radius 3 is 2.89 bits per heavy atom. The lowest BCUT2D eigenvalue weighted by Crippen LogP contribution is -2.49. The summed E-state index contributed by atoms with van der Waals surface area (Å²) in [4.78, 5) is 12.3. The van der Waals surface area contributed by atoms with Gasteiger partial charge in [-0.05, 0) is 45.1 Å². The van der Waals surface area contributed by atoms with Crippen molar-refractivity contribution in [2.45, 2.75) is 64.5 Å². The molecule has 0 saturated heterocycles. The zero-order valence-electron chi connectivity index (χ0n) is 12.0. The topological polar surface area (TPSA) is 41.1 Å². The maximum atomic E-state index is 12.3. The molecule has 0 aromatic rings. The number of allylic oxidation sites excluding steroid dienone is 1. The van der Waals surface area contributed by atoms with Crippen molar-refractivity contribution in [3.63, 3.8) is 0 Å². The lowest BCUT2D eigenvalue weighted by atomic mass is 9.95. The lowest BCUT2D eigenvalue weighted by Gasteiger charge is -2.25. The van der Waals surface area contributed by atoms with Crippen LogP contribution in [0.2, 0.25) is 0 Å². The van der Waals surface area contributed by atoms with E-state index >= 15 is 0 Å². The molecule has 0 bridgehead atoms. The van der Waals surface area contributed by atoms with Crippen LogP contribution in [0.1, 0.15) is 52.4 Å². The number of carbonyl (C=O) groups excluding carboxylic acids is 1. The van der Waals surface area contributed by atoms with Crippen molar-refractivity contribution in [3.05, 3.63) is 12.2 Å². The van der Waals surface area contributed by atoms with E-state index < -0.39 is 0 Å². The van der Waals surface area contributed by atoms with Gasteiger partial charge in [-0.25, -0.2) is 0 Å². The van der Waals surface area contributed by atoms with E-state index in [-0.39, 0.29) is 11.9 Å². The Hall–Kier alpha value is -0.830. The molecule has 1 aliphatic carbocycles. The minimum atomic E-state index is -0.0582. The molecule has 3 nitrogen and oxygen atoms in total. The summed E-state index contributed by atoms with van der Waals surface area (Å²) in [5, 5.41) is 6.36. The molecule has 2 N–H and O–H groups in total. The van der Waals surface area contributed by atoms with Crippen molar-refractivity contribution in [2.75, 3.05) is 7.05 Å². The summed E-state index contributed by atoms with van der Waals surface area (Å²) in [5.74, 6) is 0.556. The van der Waals surface area contributed by atoms with E-state index in [0.717, 1.165) is 32.1 Å². The van der Waals surface area contributed by atoms with Crippen LogP contribution in [-0.4, -0.2) is 25.0 Å². The predicted octanol–water partition coefficient (Wildman–Crippen LogP) is 2.63. The van der Waals surface area contributed by atoms with Crippen molar-refractivity contribution in [2.24, 2.45) is 5.92 Å². The summed E-state index contributed by atoms with van der Waals surface area (Å²) in [6.07, 6.45) is 11.0. The highest BCUT2D eigenvalue weighted by Gasteiger charge is 2.24. The summed E-state index contributed by atoms with van der Waals surface area (Å²) in [6, 6.07) is 0.262. The van der Waals surface area contributed by atoms with Gasteiger partial charge >= 0.3 is 0 Å². The molecule has 104 valence electrons. The van der Waals surface area contributed by atoms with Gasteiger partial charge in [0, 0.05) is 6.04 Å². The third-order valence-electron chi connectivity index (χ3n) is 3.76. The summed E-state index contributed by atoms with van der Waals surface area (Å²) in [7, 11) is 1.88. The van der Waals surface area contributed by atoms with Crippen LogP contribution in [0.25, 0.3) is 0 Å². The molecule has 3 unspecified atom stereocenters. The Bertz CT molecular complexity index is 276. The third-order valence-corrected chi connectivity index (χ3v) is 3.76. The predicted molar refractivity (Wildman–Crippen MR) is 76.5 cm³/mol. The molecular weight excluding hydrogens is 224 g/mol. The second-order valence-electron chi connectivity index (χ2n) is 5.38. The third kappa shape index (κ3) is 4.81. The fourth-order valence-corrected chi connectivity index (χ4v) is 2.70. The molecule has 0 fully saturated rings. The molecule has 1 aliphatic rings. The minimum Gasteiger partial charge on any atom is -0.352 e. The number of amides is 1. The molecule has 1 rings (SSSR count). The number of nitrogens with one attached hydrogen (secondary N) is 2. The van der Waals surface area contributed by atoms with Crippen LogP contribution in [0.4, 0.5) is 0 Å². The van der Waals surface area contributed by atoms with Crippen molar-refractivity contribution in [3.8, 4) is 0 Å². The van der Waals surface area contributed by atoms with Crippen LogP contribution in [-0.2, 0) is 4.79 Å². The van der Waals surface area contributed by atoms with E-state index in [1.54, 1.807) is 0 Å². The average Bonchev–Trinajstić information content (AvgIpc) is 2.59. The Balaban J connectivity index is 2.47. The van der Waals surface area contributed by atoms with Gasteiger partial charge in [0.2, 0.25) is 5.91 Å². The van der Waals surface area contributed by atoms with Crippen LogP contribution in [0.15, 0.2) is 12.2 Å². The maximum Gasteiger partial charge on any atom is 0.237 e. The van der Waals surface area contributed by atoms with E-state index in [9.17, 15) is 4.79 Å². The van der Waals surface area contributed by atoms with Crippen LogP contribution in [0.3, 0.4) is 0 Å². The Morgan fingerprint density at radius 1 is 1.44 bits per heavy atom. The van der Waals surface area contributed by atoms with Gasteiger partial charge in [0.05, 0.1) is 6.04 Å². The van der Waals surface area contributed by atoms with Crippen molar-refractivity contribution < 1.29 is 4.79 Å². The van der Waals surface area contributed by atoms with Gasteiger partial charge in [0.1, 0.15) is 0 Å². The maximum absolute atomic E-state index is 12.3. The van der Waals surface area contributed by atoms with Crippen molar-refractivity contribution in [1.29, 1.82) is 0 Å². The number of hydrogen-bond acceptors (Lipinski definition) is 2. The average molecular weight is 252 g/mol. The van der Waals surface area contributed by atoms with E-state index in [4.69, 9.17) is 0 Å². The van der Waals surface area contributed by atoms with Crippen LogP contribution in [0, 0.1) is 5.92 Å². The summed E-state index contributed by atoms with van der Waals surface area (Å²) < 4.78 is 0. The van der Waals surface area contributed by atoms with Gasteiger partial charge < -0.3 is 10.6 Å². The van der Waals surface area contributed by atoms with Gasteiger partial charge in [-0.2, -0.15) is 0 Å². The Morgan fingerprint density at radius 2 is 2.22 bits per heavy atom. The first-order chi connectivity index (χ1) is 8.69. The Labute approximate surface area is 111 Å². The molecule has 0 spiro atoms. The SMILES string of the molecule is CCCC(C)C(NC)C(=O)NC1CC=CCCC1. The van der Waals surface area contributed by atoms with Gasteiger partial charge in [-0.1, -0.05) is 32.4 Å². The molecule has 1 amide bonds. The van der Waals surface area contributed by atoms with E-state index in [2.05, 4.69) is 36.6 Å². The molecular formula is C15H28N2O. The number of hydrogen-bond donors (Lipinski definition) is 2. The van der Waals surface area contributed by atoms with Gasteiger partial charge in [0.25, 0.3) is 0 Å². The first-order valence-corrected chi connectivity index (χ1v) is 7.31. The summed E-state index contributed by atoms with van der Waals surface area (Å²) in [5.41, 5.74) is 0. The van der Waals surface area contributed by atoms with Gasteiger partial charge in [-0.15, -0.1) is 0 Å². The highest BCUT2D eigenvalue weighted by molar-refractivity contribution is 5.82. The van der Waals surface area contributed by atoms with Crippen LogP contribution < -0.4 is 10.6 Å². The van der Waals surface area contributed by atoms with Gasteiger partial charge in [0.15, 0.2) is 0 Å². The second-order valence-corrected chi connectivity index (χ2v) is 5.38. The zero-order valence-corrected chi connectivity index (χ0v) is 12.0. The molecule has 18 heavy (non-hydrogen) atoms. The molecule has 0 aromatic heterocycles. The van der Waals surface area contributed by atoms with Crippen LogP contribution in [0.5, 0.6) is 0 Å². The zero-order chi connectivity index (χ0) is 13.4. The molecule has 3 atom stereocenters. The lowest BCUT2D eigenvalue weighted by molar-refractivity contribution is -0.125. The van der Waals surface area contributed by atoms with Gasteiger partial charge in [-0.3, -0.25) is 4.79 Å². The standard InChI is InChI=1S/C15H28N2O/c1-4-9-12(2)14(16-3)15(18)17-13-10-7-5-6-8-11-13/h5,7,12-14,16H,4,6,8-11H2,1-3H3,(H,17,18). The van der Waals surface area contributed by atoms with E-state index in [0.29, 0.717) is 12.0 Å². The quantitative estimate of drug-likeness (QED) is 0.714. The van der Waals surface area contributed by atoms with E-state index in [1.807, 2.05) is 7.05 Å². The van der Waals surface area contributed by atoms with E-state index in [1.165, 1.54) is 6.42 Å². The molecule has 0 aromatic carbocycles. The molecule has 0 radical (unpaired) electrons. The first kappa shape index (κ1) is 15.2. The molecule has 0 aliphatic heterocycles. The fraction of sp³-hybridized carbons (Fsp3) is 0.800. The normalized spacial score (nSPS) is 23.2. The monoisotopic (exact) mass is 252 g/mol. The van der Waals surface area contributed by atoms with Crippen molar-refractivity contribution in [1.82, 2.24) is 10.6 Å². The van der Waals surface area contributed by atoms with Crippen molar-refractivity contribution >= 4 is 5.91 Å². The number of likely N-dealkylation sites (N-methyl/N-ethyl adjacent to an activating group) is 1. The minimum absolute atomic E-state index is 0.0582. The fourth-order valence-electron chi connectivity index (χ4n) is 2.70. The molecule has 0 heterocycles. The molecule has 0 saturated carbocycles. The Kier molecular flexibility index (Phi) is 7.02. The smallest absolute Gasteiger partial charge is 0.237 e. The number of rotatable bonds is 6.